The molecular formula is C19H20ClN5O. The first kappa shape index (κ1) is 17.9. The van der Waals surface area contributed by atoms with Crippen molar-refractivity contribution in [2.75, 3.05) is 19.4 Å². The van der Waals surface area contributed by atoms with E-state index in [2.05, 4.69) is 32.5 Å². The van der Waals surface area contributed by atoms with Gasteiger partial charge in [-0.3, -0.25) is 4.79 Å². The van der Waals surface area contributed by atoms with Gasteiger partial charge in [0.1, 0.15) is 17.8 Å². The molecule has 0 spiro atoms. The Bertz CT molecular complexity index is 951. The van der Waals surface area contributed by atoms with Crippen molar-refractivity contribution in [1.82, 2.24) is 20.3 Å². The lowest BCUT2D eigenvalue weighted by Gasteiger charge is -2.09. The lowest BCUT2D eigenvalue weighted by Crippen LogP contribution is -2.19. The predicted octanol–water partition coefficient (Wildman–Crippen LogP) is 3.76. The topological polar surface area (TPSA) is 82.7 Å². The molecule has 2 heterocycles. The van der Waals surface area contributed by atoms with Crippen molar-refractivity contribution in [3.63, 3.8) is 0 Å². The Morgan fingerprint density at radius 2 is 1.96 bits per heavy atom. The van der Waals surface area contributed by atoms with Crippen LogP contribution in [-0.4, -0.2) is 35.0 Å². The van der Waals surface area contributed by atoms with Crippen molar-refractivity contribution < 1.29 is 4.79 Å². The van der Waals surface area contributed by atoms with Crippen molar-refractivity contribution in [1.29, 1.82) is 0 Å². The van der Waals surface area contributed by atoms with E-state index in [0.29, 0.717) is 22.2 Å². The molecule has 1 aromatic carbocycles. The van der Waals surface area contributed by atoms with E-state index >= 15 is 0 Å². The number of nitrogens with one attached hydrogen (secondary N) is 3. The second-order valence-electron chi connectivity index (χ2n) is 5.74. The zero-order valence-electron chi connectivity index (χ0n) is 14.9. The summed E-state index contributed by atoms with van der Waals surface area (Å²) in [5.74, 6) is 0.501. The van der Waals surface area contributed by atoms with Gasteiger partial charge in [0, 0.05) is 30.7 Å². The van der Waals surface area contributed by atoms with Crippen LogP contribution in [0.4, 0.5) is 5.82 Å². The Labute approximate surface area is 157 Å². The Morgan fingerprint density at radius 3 is 2.65 bits per heavy atom. The number of hydrogen-bond acceptors (Lipinski definition) is 4. The average Bonchev–Trinajstić information content (AvgIpc) is 3.12. The van der Waals surface area contributed by atoms with E-state index in [4.69, 9.17) is 11.6 Å². The van der Waals surface area contributed by atoms with Gasteiger partial charge in [0.05, 0.1) is 11.4 Å². The number of hydrogen-bond donors (Lipinski definition) is 3. The molecule has 7 heteroatoms. The van der Waals surface area contributed by atoms with E-state index in [-0.39, 0.29) is 5.91 Å². The number of nitrogens with zero attached hydrogens (tertiary/aromatic N) is 2. The van der Waals surface area contributed by atoms with E-state index in [1.54, 1.807) is 14.1 Å². The normalized spacial score (nSPS) is 10.6. The quantitative estimate of drug-likeness (QED) is 0.639. The minimum atomic E-state index is -0.198. The van der Waals surface area contributed by atoms with Crippen LogP contribution in [0.15, 0.2) is 36.7 Å². The number of H-pyrrole nitrogens is 1. The second kappa shape index (κ2) is 7.58. The lowest BCUT2D eigenvalue weighted by molar-refractivity contribution is 0.0959. The Balaban J connectivity index is 2.20. The number of amides is 1. The van der Waals surface area contributed by atoms with Crippen LogP contribution in [0, 0.1) is 0 Å². The van der Waals surface area contributed by atoms with Gasteiger partial charge in [0.25, 0.3) is 5.91 Å². The van der Waals surface area contributed by atoms with Gasteiger partial charge in [0.2, 0.25) is 0 Å². The summed E-state index contributed by atoms with van der Waals surface area (Å²) in [6.07, 6.45) is 2.32. The number of aryl methyl sites for hydroxylation is 1. The summed E-state index contributed by atoms with van der Waals surface area (Å²) in [5, 5.41) is 6.30. The number of carbonyl (C=O) groups excluding carboxylic acids is 1. The number of rotatable bonds is 5. The monoisotopic (exact) mass is 369 g/mol. The molecule has 0 aliphatic heterocycles. The number of carbonyl (C=O) groups is 1. The molecule has 0 radical (unpaired) electrons. The van der Waals surface area contributed by atoms with E-state index in [1.165, 1.54) is 6.33 Å². The highest BCUT2D eigenvalue weighted by Crippen LogP contribution is 2.33. The maximum Gasteiger partial charge on any atom is 0.268 e. The Morgan fingerprint density at radius 1 is 1.15 bits per heavy atom. The third-order valence-electron chi connectivity index (χ3n) is 4.21. The molecule has 0 saturated heterocycles. The van der Waals surface area contributed by atoms with E-state index in [9.17, 15) is 4.79 Å². The number of halogens is 1. The van der Waals surface area contributed by atoms with Crippen molar-refractivity contribution in [3.05, 3.63) is 52.9 Å². The van der Waals surface area contributed by atoms with Gasteiger partial charge in [-0.05, 0) is 35.7 Å². The summed E-state index contributed by atoms with van der Waals surface area (Å²) >= 11 is 6.21. The summed E-state index contributed by atoms with van der Waals surface area (Å²) in [5.41, 5.74) is 4.75. The van der Waals surface area contributed by atoms with Gasteiger partial charge in [-0.15, -0.1) is 0 Å². The Hall–Kier alpha value is -2.86. The summed E-state index contributed by atoms with van der Waals surface area (Å²) < 4.78 is 0. The molecule has 134 valence electrons. The van der Waals surface area contributed by atoms with Crippen molar-refractivity contribution >= 4 is 23.3 Å². The number of anilines is 1. The highest BCUT2D eigenvalue weighted by molar-refractivity contribution is 6.31. The molecule has 6 nitrogen and oxygen atoms in total. The van der Waals surface area contributed by atoms with Gasteiger partial charge in [0.15, 0.2) is 0 Å². The minimum absolute atomic E-state index is 0.198. The van der Waals surface area contributed by atoms with Crippen LogP contribution in [0.2, 0.25) is 5.02 Å². The van der Waals surface area contributed by atoms with E-state index in [0.717, 1.165) is 28.8 Å². The second-order valence-corrected chi connectivity index (χ2v) is 6.18. The lowest BCUT2D eigenvalue weighted by atomic mass is 9.97. The highest BCUT2D eigenvalue weighted by Gasteiger charge is 2.19. The van der Waals surface area contributed by atoms with Crippen LogP contribution in [0.25, 0.3) is 22.5 Å². The van der Waals surface area contributed by atoms with Crippen LogP contribution >= 0.6 is 11.6 Å². The van der Waals surface area contributed by atoms with Gasteiger partial charge >= 0.3 is 0 Å². The minimum Gasteiger partial charge on any atom is -0.373 e. The fraction of sp³-hybridized carbons (Fsp3) is 0.211. The fourth-order valence-electron chi connectivity index (χ4n) is 2.86. The number of aromatic amines is 1. The van der Waals surface area contributed by atoms with Gasteiger partial charge in [-0.25, -0.2) is 9.97 Å². The zero-order valence-corrected chi connectivity index (χ0v) is 15.6. The Kier molecular flexibility index (Phi) is 5.23. The van der Waals surface area contributed by atoms with Crippen LogP contribution < -0.4 is 10.6 Å². The largest absolute Gasteiger partial charge is 0.373 e. The maximum atomic E-state index is 12.4. The SMILES string of the molecule is CCc1ccc(Cl)cc1-c1cc(-c2cc(NC)ncn2)[nH]c1C(=O)NC. The highest BCUT2D eigenvalue weighted by atomic mass is 35.5. The molecule has 0 fully saturated rings. The zero-order chi connectivity index (χ0) is 18.7. The summed E-state index contributed by atoms with van der Waals surface area (Å²) in [6.45, 7) is 2.07. The van der Waals surface area contributed by atoms with Gasteiger partial charge < -0.3 is 15.6 Å². The first-order chi connectivity index (χ1) is 12.6. The molecule has 1 amide bonds. The third-order valence-corrected chi connectivity index (χ3v) is 4.45. The molecule has 3 N–H and O–H groups in total. The molecule has 0 unspecified atom stereocenters. The molecule has 0 aliphatic carbocycles. The van der Waals surface area contributed by atoms with Crippen molar-refractivity contribution in [3.8, 4) is 22.5 Å². The molecule has 0 saturated carbocycles. The molecule has 0 bridgehead atoms. The molecule has 3 aromatic rings. The number of benzene rings is 1. The predicted molar refractivity (Wildman–Crippen MR) is 105 cm³/mol. The maximum absolute atomic E-state index is 12.4. The first-order valence-corrected chi connectivity index (χ1v) is 8.69. The molecule has 2 aromatic heterocycles. The van der Waals surface area contributed by atoms with Crippen LogP contribution in [-0.2, 0) is 6.42 Å². The molecule has 0 atom stereocenters. The van der Waals surface area contributed by atoms with E-state index < -0.39 is 0 Å². The van der Waals surface area contributed by atoms with Crippen molar-refractivity contribution in [2.45, 2.75) is 13.3 Å². The van der Waals surface area contributed by atoms with Crippen LogP contribution in [0.5, 0.6) is 0 Å². The first-order valence-electron chi connectivity index (χ1n) is 8.31. The van der Waals surface area contributed by atoms with Gasteiger partial charge in [-0.2, -0.15) is 0 Å². The summed E-state index contributed by atoms with van der Waals surface area (Å²) in [6, 6.07) is 9.49. The number of aromatic nitrogens is 3. The molecule has 26 heavy (non-hydrogen) atoms. The smallest absolute Gasteiger partial charge is 0.268 e. The van der Waals surface area contributed by atoms with Crippen LogP contribution in [0.3, 0.4) is 0 Å². The summed E-state index contributed by atoms with van der Waals surface area (Å²) in [4.78, 5) is 24.1. The fourth-order valence-corrected chi connectivity index (χ4v) is 3.03. The van der Waals surface area contributed by atoms with Crippen molar-refractivity contribution in [2.24, 2.45) is 0 Å². The average molecular weight is 370 g/mol. The molecular weight excluding hydrogens is 350 g/mol. The summed E-state index contributed by atoms with van der Waals surface area (Å²) in [7, 11) is 3.40. The molecule has 0 aliphatic rings. The van der Waals surface area contributed by atoms with Gasteiger partial charge in [-0.1, -0.05) is 24.6 Å². The standard InChI is InChI=1S/C19H20ClN5O/c1-4-11-5-6-12(20)7-13(11)14-8-16(25-18(14)19(26)22-3)15-9-17(21-2)24-10-23-15/h5-10,25H,4H2,1-3H3,(H,22,26)(H,21,23,24). The van der Waals surface area contributed by atoms with Crippen LogP contribution in [0.1, 0.15) is 23.0 Å². The third kappa shape index (κ3) is 3.41. The molecule has 3 rings (SSSR count). The van der Waals surface area contributed by atoms with E-state index in [1.807, 2.05) is 30.3 Å².